The van der Waals surface area contributed by atoms with Crippen molar-refractivity contribution in [3.05, 3.63) is 67.7 Å². The molecule has 1 N–H and O–H groups in total. The quantitative estimate of drug-likeness (QED) is 0.376. The zero-order chi connectivity index (χ0) is 24.4. The predicted octanol–water partition coefficient (Wildman–Crippen LogP) is 4.43. The van der Waals surface area contributed by atoms with Crippen molar-refractivity contribution in [2.75, 3.05) is 32.6 Å². The molecule has 0 radical (unpaired) electrons. The van der Waals surface area contributed by atoms with Gasteiger partial charge in [0.05, 0.1) is 44.8 Å². The summed E-state index contributed by atoms with van der Waals surface area (Å²) in [5.41, 5.74) is 2.30. The van der Waals surface area contributed by atoms with Gasteiger partial charge in [0.25, 0.3) is 0 Å². The Morgan fingerprint density at radius 1 is 1.11 bits per heavy atom. The van der Waals surface area contributed by atoms with Crippen molar-refractivity contribution in [1.29, 1.82) is 0 Å². The van der Waals surface area contributed by atoms with Crippen LogP contribution in [-0.4, -0.2) is 54.2 Å². The minimum absolute atomic E-state index is 0.110. The molecule has 9 nitrogen and oxygen atoms in total. The summed E-state index contributed by atoms with van der Waals surface area (Å²) in [5.74, 6) is 2.96. The van der Waals surface area contributed by atoms with Crippen LogP contribution in [0.25, 0.3) is 22.2 Å². The van der Waals surface area contributed by atoms with Crippen LogP contribution in [0.3, 0.4) is 0 Å². The number of benzene rings is 2. The van der Waals surface area contributed by atoms with Crippen molar-refractivity contribution in [3.63, 3.8) is 0 Å². The van der Waals surface area contributed by atoms with Crippen LogP contribution >= 0.6 is 0 Å². The predicted molar refractivity (Wildman–Crippen MR) is 131 cm³/mol. The first-order chi connectivity index (χ1) is 17.1. The van der Waals surface area contributed by atoms with Crippen molar-refractivity contribution in [3.8, 4) is 28.6 Å². The minimum Gasteiger partial charge on any atom is -0.495 e. The first-order valence-electron chi connectivity index (χ1n) is 11.0. The summed E-state index contributed by atoms with van der Waals surface area (Å²) in [6, 6.07) is 13.1. The maximum absolute atomic E-state index is 11.7. The standard InChI is InChI=1S/C26H24N4O5/c1-4-25(31)30-13-17(14-30)35-24-11-18-19(12-23(24)33-3)27-15-28-26(18)29-20-10-16(7-8-22(20)32-2)21-6-5-9-34-21/h4-12,15,17H,1,13-14H2,2-3H3,(H,27,28,29). The van der Waals surface area contributed by atoms with Gasteiger partial charge in [-0.1, -0.05) is 6.58 Å². The molecule has 1 amide bonds. The van der Waals surface area contributed by atoms with E-state index in [0.29, 0.717) is 41.7 Å². The Kier molecular flexibility index (Phi) is 5.97. The molecule has 4 aromatic rings. The van der Waals surface area contributed by atoms with Gasteiger partial charge in [-0.25, -0.2) is 9.97 Å². The first-order valence-corrected chi connectivity index (χ1v) is 11.0. The number of nitrogens with one attached hydrogen (secondary N) is 1. The summed E-state index contributed by atoms with van der Waals surface area (Å²) in [6.07, 6.45) is 4.28. The zero-order valence-corrected chi connectivity index (χ0v) is 19.4. The fourth-order valence-electron chi connectivity index (χ4n) is 3.95. The zero-order valence-electron chi connectivity index (χ0n) is 19.4. The average molecular weight is 473 g/mol. The molecule has 1 fully saturated rings. The molecule has 0 bridgehead atoms. The Bertz CT molecular complexity index is 1380. The second-order valence-corrected chi connectivity index (χ2v) is 7.95. The summed E-state index contributed by atoms with van der Waals surface area (Å²) in [7, 11) is 3.19. The first kappa shape index (κ1) is 22.3. The van der Waals surface area contributed by atoms with Gasteiger partial charge in [-0.3, -0.25) is 4.79 Å². The number of likely N-dealkylation sites (tertiary alicyclic amines) is 1. The molecule has 0 aliphatic carbocycles. The monoisotopic (exact) mass is 472 g/mol. The molecule has 2 aromatic carbocycles. The highest BCUT2D eigenvalue weighted by Crippen LogP contribution is 2.38. The van der Waals surface area contributed by atoms with Crippen molar-refractivity contribution in [2.45, 2.75) is 6.10 Å². The molecule has 0 unspecified atom stereocenters. The maximum atomic E-state index is 11.7. The second kappa shape index (κ2) is 9.38. The molecule has 9 heteroatoms. The van der Waals surface area contributed by atoms with Gasteiger partial charge in [-0.2, -0.15) is 0 Å². The Balaban J connectivity index is 1.47. The number of methoxy groups -OCH3 is 2. The van der Waals surface area contributed by atoms with E-state index in [1.54, 1.807) is 31.4 Å². The number of carbonyl (C=O) groups is 1. The van der Waals surface area contributed by atoms with Crippen LogP contribution in [0.5, 0.6) is 17.2 Å². The van der Waals surface area contributed by atoms with Gasteiger partial charge in [-0.05, 0) is 42.5 Å². The van der Waals surface area contributed by atoms with Crippen LogP contribution in [0, 0.1) is 0 Å². The highest BCUT2D eigenvalue weighted by atomic mass is 16.5. The largest absolute Gasteiger partial charge is 0.495 e. The van der Waals surface area contributed by atoms with E-state index < -0.39 is 0 Å². The van der Waals surface area contributed by atoms with E-state index in [1.165, 1.54) is 12.4 Å². The highest BCUT2D eigenvalue weighted by Gasteiger charge is 2.31. The Hall–Kier alpha value is -4.53. The van der Waals surface area contributed by atoms with Crippen LogP contribution in [-0.2, 0) is 4.79 Å². The topological polar surface area (TPSA) is 99.0 Å². The summed E-state index contributed by atoms with van der Waals surface area (Å²) in [6.45, 7) is 4.49. The fraction of sp³-hybridized carbons (Fsp3) is 0.192. The molecule has 1 aliphatic rings. The molecule has 35 heavy (non-hydrogen) atoms. The molecule has 1 saturated heterocycles. The van der Waals surface area contributed by atoms with Gasteiger partial charge in [0.15, 0.2) is 11.5 Å². The number of ether oxygens (including phenoxy) is 3. The van der Waals surface area contributed by atoms with Crippen LogP contribution in [0.1, 0.15) is 0 Å². The summed E-state index contributed by atoms with van der Waals surface area (Å²) in [5, 5.41) is 4.11. The molecule has 3 heterocycles. The number of rotatable bonds is 8. The van der Waals surface area contributed by atoms with Gasteiger partial charge >= 0.3 is 0 Å². The molecule has 2 aromatic heterocycles. The van der Waals surface area contributed by atoms with Crippen molar-refractivity contribution < 1.29 is 23.4 Å². The summed E-state index contributed by atoms with van der Waals surface area (Å²) < 4.78 is 22.8. The molecule has 5 rings (SSSR count). The minimum atomic E-state index is -0.142. The normalized spacial score (nSPS) is 13.3. The lowest BCUT2D eigenvalue weighted by Crippen LogP contribution is -2.55. The number of nitrogens with zero attached hydrogens (tertiary/aromatic N) is 3. The lowest BCUT2D eigenvalue weighted by molar-refractivity contribution is -0.134. The maximum Gasteiger partial charge on any atom is 0.246 e. The number of carbonyl (C=O) groups excluding carboxylic acids is 1. The van der Waals surface area contributed by atoms with Gasteiger partial charge < -0.3 is 28.8 Å². The molecule has 0 spiro atoms. The fourth-order valence-corrected chi connectivity index (χ4v) is 3.95. The van der Waals surface area contributed by atoms with Crippen molar-refractivity contribution in [2.24, 2.45) is 0 Å². The van der Waals surface area contributed by atoms with E-state index in [0.717, 1.165) is 22.4 Å². The Morgan fingerprint density at radius 2 is 1.94 bits per heavy atom. The molecule has 0 atom stereocenters. The van der Waals surface area contributed by atoms with Crippen LogP contribution in [0.4, 0.5) is 11.5 Å². The number of hydrogen-bond donors (Lipinski definition) is 1. The van der Waals surface area contributed by atoms with Gasteiger partial charge in [-0.15, -0.1) is 0 Å². The molecule has 178 valence electrons. The average Bonchev–Trinajstić information content (AvgIpc) is 3.40. The lowest BCUT2D eigenvalue weighted by Gasteiger charge is -2.38. The molecule has 0 saturated carbocycles. The number of amides is 1. The van der Waals surface area contributed by atoms with E-state index in [2.05, 4.69) is 21.9 Å². The molecular weight excluding hydrogens is 448 g/mol. The van der Waals surface area contributed by atoms with E-state index in [9.17, 15) is 4.79 Å². The number of hydrogen-bond acceptors (Lipinski definition) is 8. The Labute approximate surface area is 201 Å². The van der Waals surface area contributed by atoms with E-state index in [4.69, 9.17) is 18.6 Å². The van der Waals surface area contributed by atoms with Gasteiger partial charge in [0, 0.05) is 17.0 Å². The molecular formula is C26H24N4O5. The van der Waals surface area contributed by atoms with Crippen molar-refractivity contribution >= 4 is 28.3 Å². The third-order valence-electron chi connectivity index (χ3n) is 5.81. The van der Waals surface area contributed by atoms with E-state index >= 15 is 0 Å². The van der Waals surface area contributed by atoms with Crippen molar-refractivity contribution in [1.82, 2.24) is 14.9 Å². The van der Waals surface area contributed by atoms with Crippen LogP contribution in [0.15, 0.2) is 72.1 Å². The van der Waals surface area contributed by atoms with E-state index in [1.807, 2.05) is 36.4 Å². The number of fused-ring (bicyclic) bond motifs is 1. The third kappa shape index (κ3) is 4.35. The van der Waals surface area contributed by atoms with E-state index in [-0.39, 0.29) is 12.0 Å². The number of anilines is 2. The SMILES string of the molecule is C=CC(=O)N1CC(Oc2cc3c(Nc4cc(-c5ccco5)ccc4OC)ncnc3cc2OC)C1. The Morgan fingerprint density at radius 3 is 2.66 bits per heavy atom. The third-order valence-corrected chi connectivity index (χ3v) is 5.81. The van der Waals surface area contributed by atoms with Gasteiger partial charge in [0.1, 0.15) is 29.8 Å². The smallest absolute Gasteiger partial charge is 0.246 e. The second-order valence-electron chi connectivity index (χ2n) is 7.95. The highest BCUT2D eigenvalue weighted by molar-refractivity contribution is 5.94. The van der Waals surface area contributed by atoms with Crippen LogP contribution < -0.4 is 19.5 Å². The van der Waals surface area contributed by atoms with Crippen LogP contribution in [0.2, 0.25) is 0 Å². The summed E-state index contributed by atoms with van der Waals surface area (Å²) >= 11 is 0. The molecule has 1 aliphatic heterocycles. The van der Waals surface area contributed by atoms with Gasteiger partial charge in [0.2, 0.25) is 5.91 Å². The summed E-state index contributed by atoms with van der Waals surface area (Å²) in [4.78, 5) is 22.3. The number of aromatic nitrogens is 2. The lowest BCUT2D eigenvalue weighted by atomic mass is 10.1. The number of furan rings is 1.